The summed E-state index contributed by atoms with van der Waals surface area (Å²) in [6, 6.07) is 0. The highest BCUT2D eigenvalue weighted by molar-refractivity contribution is 9.09. The van der Waals surface area contributed by atoms with Crippen molar-refractivity contribution in [1.82, 2.24) is 0 Å². The van der Waals surface area contributed by atoms with E-state index < -0.39 is 0 Å². The molecule has 2 saturated carbocycles. The highest BCUT2D eigenvalue weighted by Crippen LogP contribution is 2.43. The summed E-state index contributed by atoms with van der Waals surface area (Å²) in [6.45, 7) is 4.91. The van der Waals surface area contributed by atoms with Crippen molar-refractivity contribution in [2.24, 2.45) is 23.7 Å². The molecule has 2 rings (SSSR count). The molecule has 0 N–H and O–H groups in total. The Kier molecular flexibility index (Phi) is 4.15. The van der Waals surface area contributed by atoms with Crippen LogP contribution in [0.1, 0.15) is 58.8 Å². The van der Waals surface area contributed by atoms with Gasteiger partial charge in [-0.3, -0.25) is 0 Å². The second-order valence-corrected chi connectivity index (χ2v) is 7.50. The van der Waals surface area contributed by atoms with Crippen LogP contribution in [0.25, 0.3) is 0 Å². The third-order valence-electron chi connectivity index (χ3n) is 4.53. The van der Waals surface area contributed by atoms with E-state index in [1.54, 1.807) is 0 Å². The number of hydrogen-bond acceptors (Lipinski definition) is 0. The van der Waals surface area contributed by atoms with Gasteiger partial charge in [0.2, 0.25) is 0 Å². The number of hydrogen-bond donors (Lipinski definition) is 0. The lowest BCUT2D eigenvalue weighted by Gasteiger charge is -2.39. The van der Waals surface area contributed by atoms with Crippen molar-refractivity contribution < 1.29 is 0 Å². The fourth-order valence-electron chi connectivity index (χ4n) is 3.99. The van der Waals surface area contributed by atoms with Gasteiger partial charge < -0.3 is 0 Å². The van der Waals surface area contributed by atoms with E-state index in [-0.39, 0.29) is 0 Å². The maximum Gasteiger partial charge on any atom is 0.0148 e. The summed E-state index contributed by atoms with van der Waals surface area (Å²) in [5.74, 6) is 4.04. The molecule has 0 spiro atoms. The average Bonchev–Trinajstić information content (AvgIpc) is 2.16. The summed E-state index contributed by atoms with van der Waals surface area (Å²) in [4.78, 5) is 0.823. The van der Waals surface area contributed by atoms with Crippen LogP contribution in [-0.2, 0) is 0 Å². The molecule has 0 nitrogen and oxygen atoms in total. The summed E-state index contributed by atoms with van der Waals surface area (Å²) in [5, 5.41) is 0. The Morgan fingerprint density at radius 2 is 1.47 bits per heavy atom. The molecule has 2 aliphatic rings. The van der Waals surface area contributed by atoms with Crippen LogP contribution < -0.4 is 0 Å². The largest absolute Gasteiger partial charge is 0.0891 e. The molecule has 88 valence electrons. The number of halogens is 1. The summed E-state index contributed by atoms with van der Waals surface area (Å²) >= 11 is 3.83. The lowest BCUT2D eigenvalue weighted by molar-refractivity contribution is 0.135. The van der Waals surface area contributed by atoms with Crippen molar-refractivity contribution in [3.63, 3.8) is 0 Å². The first kappa shape index (κ1) is 12.0. The van der Waals surface area contributed by atoms with E-state index >= 15 is 0 Å². The van der Waals surface area contributed by atoms with Gasteiger partial charge in [0.1, 0.15) is 0 Å². The molecule has 0 amide bonds. The zero-order valence-corrected chi connectivity index (χ0v) is 11.8. The lowest BCUT2D eigenvalue weighted by atomic mass is 9.68. The van der Waals surface area contributed by atoms with Crippen molar-refractivity contribution in [2.75, 3.05) is 0 Å². The van der Waals surface area contributed by atoms with Gasteiger partial charge in [-0.05, 0) is 55.8 Å². The van der Waals surface area contributed by atoms with Gasteiger partial charge in [0.25, 0.3) is 0 Å². The van der Waals surface area contributed by atoms with Crippen molar-refractivity contribution in [2.45, 2.75) is 63.6 Å². The van der Waals surface area contributed by atoms with Crippen LogP contribution in [0.4, 0.5) is 0 Å². The Bertz CT molecular complexity index is 192. The van der Waals surface area contributed by atoms with Gasteiger partial charge >= 0.3 is 0 Å². The summed E-state index contributed by atoms with van der Waals surface area (Å²) in [6.07, 6.45) is 10.3. The SMILES string of the molecule is CC1CC(C)CC(C2CCCC(Br)C2)C1. The van der Waals surface area contributed by atoms with Gasteiger partial charge in [-0.15, -0.1) is 0 Å². The topological polar surface area (TPSA) is 0 Å². The van der Waals surface area contributed by atoms with Crippen LogP contribution in [0, 0.1) is 23.7 Å². The summed E-state index contributed by atoms with van der Waals surface area (Å²) < 4.78 is 0. The molecule has 0 bridgehead atoms. The minimum Gasteiger partial charge on any atom is -0.0891 e. The molecule has 0 radical (unpaired) electrons. The summed E-state index contributed by atoms with van der Waals surface area (Å²) in [7, 11) is 0. The van der Waals surface area contributed by atoms with Crippen LogP contribution in [0.5, 0.6) is 0 Å². The van der Waals surface area contributed by atoms with E-state index in [1.807, 2.05) is 0 Å². The molecule has 0 heterocycles. The molecule has 0 aliphatic heterocycles. The van der Waals surface area contributed by atoms with Crippen LogP contribution in [0.3, 0.4) is 0 Å². The molecule has 0 aromatic carbocycles. The Morgan fingerprint density at radius 1 is 0.800 bits per heavy atom. The smallest absolute Gasteiger partial charge is 0.0148 e. The second-order valence-electron chi connectivity index (χ2n) is 6.20. The number of rotatable bonds is 1. The van der Waals surface area contributed by atoms with Crippen LogP contribution in [0.2, 0.25) is 0 Å². The van der Waals surface area contributed by atoms with Gasteiger partial charge in [0.05, 0.1) is 0 Å². The Labute approximate surface area is 103 Å². The molecule has 4 atom stereocenters. The van der Waals surface area contributed by atoms with Gasteiger partial charge in [-0.25, -0.2) is 0 Å². The molecule has 2 aliphatic carbocycles. The molecule has 2 fully saturated rings. The van der Waals surface area contributed by atoms with E-state index in [1.165, 1.54) is 44.9 Å². The Morgan fingerprint density at radius 3 is 2.07 bits per heavy atom. The molecule has 15 heavy (non-hydrogen) atoms. The quantitative estimate of drug-likeness (QED) is 0.589. The molecule has 0 aromatic heterocycles. The number of alkyl halides is 1. The Hall–Kier alpha value is 0.480. The van der Waals surface area contributed by atoms with E-state index in [9.17, 15) is 0 Å². The predicted molar refractivity (Wildman–Crippen MR) is 70.3 cm³/mol. The molecule has 0 aromatic rings. The van der Waals surface area contributed by atoms with Crippen LogP contribution in [-0.4, -0.2) is 4.83 Å². The van der Waals surface area contributed by atoms with Gasteiger partial charge in [0, 0.05) is 4.83 Å². The fraction of sp³-hybridized carbons (Fsp3) is 1.00. The fourth-order valence-corrected chi connectivity index (χ4v) is 4.79. The van der Waals surface area contributed by atoms with Crippen molar-refractivity contribution in [1.29, 1.82) is 0 Å². The molecule has 4 unspecified atom stereocenters. The van der Waals surface area contributed by atoms with Gasteiger partial charge in [-0.2, -0.15) is 0 Å². The molecular weight excluding hydrogens is 248 g/mol. The van der Waals surface area contributed by atoms with E-state index in [4.69, 9.17) is 0 Å². The first-order valence-electron chi connectivity index (χ1n) is 6.79. The third kappa shape index (κ3) is 3.22. The molecule has 1 heteroatoms. The lowest BCUT2D eigenvalue weighted by Crippen LogP contribution is -2.29. The maximum atomic E-state index is 3.83. The van der Waals surface area contributed by atoms with E-state index in [0.717, 1.165) is 28.5 Å². The normalized spacial score (nSPS) is 47.8. The van der Waals surface area contributed by atoms with Gasteiger partial charge in [0.15, 0.2) is 0 Å². The van der Waals surface area contributed by atoms with E-state index in [2.05, 4.69) is 29.8 Å². The second kappa shape index (κ2) is 5.21. The minimum atomic E-state index is 0.823. The van der Waals surface area contributed by atoms with E-state index in [0.29, 0.717) is 0 Å². The average molecular weight is 273 g/mol. The zero-order chi connectivity index (χ0) is 10.8. The third-order valence-corrected chi connectivity index (χ3v) is 5.36. The molecule has 0 saturated heterocycles. The first-order valence-corrected chi connectivity index (χ1v) is 7.70. The molecular formula is C14H25Br. The maximum absolute atomic E-state index is 3.83. The van der Waals surface area contributed by atoms with Crippen LogP contribution in [0.15, 0.2) is 0 Å². The van der Waals surface area contributed by atoms with Crippen molar-refractivity contribution in [3.8, 4) is 0 Å². The zero-order valence-electron chi connectivity index (χ0n) is 10.2. The Balaban J connectivity index is 1.91. The summed E-state index contributed by atoms with van der Waals surface area (Å²) in [5.41, 5.74) is 0. The minimum absolute atomic E-state index is 0.823. The van der Waals surface area contributed by atoms with Crippen LogP contribution >= 0.6 is 15.9 Å². The van der Waals surface area contributed by atoms with Crippen molar-refractivity contribution >= 4 is 15.9 Å². The standard InChI is InChI=1S/C14H25Br/c1-10-6-11(2)8-13(7-10)12-4-3-5-14(15)9-12/h10-14H,3-9H2,1-2H3. The first-order chi connectivity index (χ1) is 7.15. The monoisotopic (exact) mass is 272 g/mol. The predicted octanol–water partition coefficient (Wildman–Crippen LogP) is 5.01. The highest BCUT2D eigenvalue weighted by atomic mass is 79.9. The van der Waals surface area contributed by atoms with Crippen molar-refractivity contribution in [3.05, 3.63) is 0 Å². The highest BCUT2D eigenvalue weighted by Gasteiger charge is 2.32. The van der Waals surface area contributed by atoms with Gasteiger partial charge in [-0.1, -0.05) is 42.6 Å².